The number of carbonyl (C=O) groups is 1. The highest BCUT2D eigenvalue weighted by Gasteiger charge is 2.30. The molecular formula is C22H26N4OS. The summed E-state index contributed by atoms with van der Waals surface area (Å²) >= 11 is 1.74. The molecule has 28 heavy (non-hydrogen) atoms. The lowest BCUT2D eigenvalue weighted by Gasteiger charge is -2.14. The minimum Gasteiger partial charge on any atom is -0.346 e. The Morgan fingerprint density at radius 3 is 2.82 bits per heavy atom. The summed E-state index contributed by atoms with van der Waals surface area (Å²) in [6.07, 6.45) is 5.94. The number of amides is 1. The molecule has 1 aliphatic carbocycles. The minimum absolute atomic E-state index is 0.0765. The molecule has 1 saturated carbocycles. The largest absolute Gasteiger partial charge is 0.346 e. The molecule has 3 N–H and O–H groups in total. The van der Waals surface area contributed by atoms with E-state index < -0.39 is 0 Å². The number of carbonyl (C=O) groups excluding carboxylic acids is 1. The van der Waals surface area contributed by atoms with E-state index in [0.717, 1.165) is 53.7 Å². The van der Waals surface area contributed by atoms with Crippen molar-refractivity contribution in [1.29, 1.82) is 0 Å². The van der Waals surface area contributed by atoms with E-state index in [9.17, 15) is 4.79 Å². The molecule has 0 bridgehead atoms. The van der Waals surface area contributed by atoms with E-state index >= 15 is 0 Å². The van der Waals surface area contributed by atoms with Gasteiger partial charge in [0.15, 0.2) is 0 Å². The second-order valence-electron chi connectivity index (χ2n) is 7.23. The van der Waals surface area contributed by atoms with E-state index in [4.69, 9.17) is 0 Å². The molecule has 2 aromatic heterocycles. The van der Waals surface area contributed by atoms with Crippen LogP contribution in [-0.2, 0) is 11.2 Å². The molecule has 1 fully saturated rings. The van der Waals surface area contributed by atoms with Gasteiger partial charge in [0.2, 0.25) is 5.91 Å². The lowest BCUT2D eigenvalue weighted by Crippen LogP contribution is -2.14. The van der Waals surface area contributed by atoms with E-state index in [1.165, 1.54) is 11.1 Å². The maximum absolute atomic E-state index is 12.2. The maximum Gasteiger partial charge on any atom is 0.228 e. The molecule has 1 aliphatic rings. The lowest BCUT2D eigenvalue weighted by atomic mass is 9.96. The molecule has 0 aliphatic heterocycles. The average molecular weight is 395 g/mol. The Kier molecular flexibility index (Phi) is 5.57. The summed E-state index contributed by atoms with van der Waals surface area (Å²) in [7, 11) is 0. The number of rotatable bonds is 8. The Morgan fingerprint density at radius 2 is 2.07 bits per heavy atom. The van der Waals surface area contributed by atoms with Gasteiger partial charge in [-0.1, -0.05) is 31.9 Å². The first-order valence-corrected chi connectivity index (χ1v) is 11.0. The van der Waals surface area contributed by atoms with Crippen LogP contribution in [0.2, 0.25) is 0 Å². The van der Waals surface area contributed by atoms with Crippen LogP contribution in [-0.4, -0.2) is 21.6 Å². The molecule has 0 radical (unpaired) electrons. The number of aryl methyl sites for hydroxylation is 1. The third-order valence-corrected chi connectivity index (χ3v) is 5.99. The number of hydrogen-bond acceptors (Lipinski definition) is 4. The molecule has 3 aromatic rings. The third-order valence-electron chi connectivity index (χ3n) is 5.00. The second-order valence-corrected chi connectivity index (χ2v) is 8.14. The van der Waals surface area contributed by atoms with Crippen molar-refractivity contribution in [3.05, 3.63) is 42.1 Å². The maximum atomic E-state index is 12.2. The fourth-order valence-electron chi connectivity index (χ4n) is 3.35. The zero-order valence-corrected chi connectivity index (χ0v) is 17.2. The molecule has 146 valence electrons. The van der Waals surface area contributed by atoms with Gasteiger partial charge in [0.25, 0.3) is 0 Å². The Labute approximate surface area is 169 Å². The fourth-order valence-corrected chi connectivity index (χ4v) is 3.95. The van der Waals surface area contributed by atoms with Crippen LogP contribution in [0.1, 0.15) is 38.7 Å². The summed E-state index contributed by atoms with van der Waals surface area (Å²) in [5.74, 6) is 1.93. The number of hydrogen-bond donors (Lipinski definition) is 3. The van der Waals surface area contributed by atoms with Crippen molar-refractivity contribution in [2.45, 2.75) is 39.5 Å². The van der Waals surface area contributed by atoms with Crippen molar-refractivity contribution >= 4 is 40.4 Å². The third kappa shape index (κ3) is 4.02. The molecular weight excluding hydrogens is 368 g/mol. The number of H-pyrrole nitrogens is 1. The van der Waals surface area contributed by atoms with E-state index in [1.54, 1.807) is 11.9 Å². The summed E-state index contributed by atoms with van der Waals surface area (Å²) in [6.45, 7) is 4.35. The van der Waals surface area contributed by atoms with Gasteiger partial charge < -0.3 is 15.0 Å². The van der Waals surface area contributed by atoms with Crippen LogP contribution in [0.5, 0.6) is 0 Å². The van der Waals surface area contributed by atoms with Crippen molar-refractivity contribution < 1.29 is 4.79 Å². The summed E-state index contributed by atoms with van der Waals surface area (Å²) in [6, 6.07) is 10.6. The SMILES string of the molecule is CCCSNc1ccc(-c2cc(NC(=O)C3CC3)nc3[nH]ccc23)c(CC)c1. The zero-order valence-electron chi connectivity index (χ0n) is 16.3. The molecule has 0 atom stereocenters. The predicted molar refractivity (Wildman–Crippen MR) is 119 cm³/mol. The first-order valence-electron chi connectivity index (χ1n) is 9.99. The average Bonchev–Trinajstić information content (AvgIpc) is 3.46. The summed E-state index contributed by atoms with van der Waals surface area (Å²) in [4.78, 5) is 20.0. The van der Waals surface area contributed by atoms with E-state index in [-0.39, 0.29) is 11.8 Å². The van der Waals surface area contributed by atoms with Gasteiger partial charge in [0.1, 0.15) is 11.5 Å². The van der Waals surface area contributed by atoms with Gasteiger partial charge in [-0.15, -0.1) is 0 Å². The normalized spacial score (nSPS) is 13.6. The van der Waals surface area contributed by atoms with Crippen LogP contribution in [0.15, 0.2) is 36.5 Å². The number of aromatic nitrogens is 2. The predicted octanol–water partition coefficient (Wildman–Crippen LogP) is 5.61. The molecule has 0 unspecified atom stereocenters. The number of benzene rings is 1. The molecule has 2 heterocycles. The Balaban J connectivity index is 1.70. The first kappa shape index (κ1) is 18.9. The minimum atomic E-state index is 0.0765. The van der Waals surface area contributed by atoms with Gasteiger partial charge in [0.05, 0.1) is 0 Å². The van der Waals surface area contributed by atoms with Gasteiger partial charge in [-0.25, -0.2) is 4.98 Å². The van der Waals surface area contributed by atoms with E-state index in [2.05, 4.69) is 52.1 Å². The van der Waals surface area contributed by atoms with Gasteiger partial charge >= 0.3 is 0 Å². The zero-order chi connectivity index (χ0) is 19.5. The van der Waals surface area contributed by atoms with Crippen LogP contribution in [0.25, 0.3) is 22.2 Å². The highest BCUT2D eigenvalue weighted by atomic mass is 32.2. The monoisotopic (exact) mass is 394 g/mol. The second kappa shape index (κ2) is 8.27. The standard InChI is InChI=1S/C22H26N4OS/c1-3-11-28-26-16-7-8-17(14(4-2)12-16)19-13-20(25-22(27)15-5-6-15)24-21-18(19)9-10-23-21/h7-10,12-13,15,26H,3-6,11H2,1-2H3,(H2,23,24,25,27). The van der Waals surface area contributed by atoms with Crippen LogP contribution in [0.4, 0.5) is 11.5 Å². The smallest absolute Gasteiger partial charge is 0.228 e. The summed E-state index contributed by atoms with van der Waals surface area (Å²) in [5.41, 5.74) is 5.48. The first-order chi connectivity index (χ1) is 13.7. The van der Waals surface area contributed by atoms with Gasteiger partial charge in [0, 0.05) is 28.9 Å². The molecule has 5 nitrogen and oxygen atoms in total. The van der Waals surface area contributed by atoms with E-state index in [1.807, 2.05) is 18.3 Å². The van der Waals surface area contributed by atoms with Crippen LogP contribution < -0.4 is 10.0 Å². The van der Waals surface area contributed by atoms with Crippen molar-refractivity contribution in [2.75, 3.05) is 15.8 Å². The van der Waals surface area contributed by atoms with Crippen LogP contribution in [0.3, 0.4) is 0 Å². The molecule has 1 aromatic carbocycles. The van der Waals surface area contributed by atoms with Gasteiger partial charge in [-0.3, -0.25) is 4.79 Å². The Morgan fingerprint density at radius 1 is 1.21 bits per heavy atom. The molecule has 0 spiro atoms. The number of pyridine rings is 1. The Hall–Kier alpha value is -2.47. The molecule has 6 heteroatoms. The number of anilines is 2. The van der Waals surface area contributed by atoms with Crippen molar-refractivity contribution in [1.82, 2.24) is 9.97 Å². The van der Waals surface area contributed by atoms with Gasteiger partial charge in [-0.05, 0) is 66.6 Å². The van der Waals surface area contributed by atoms with Crippen molar-refractivity contribution in [3.63, 3.8) is 0 Å². The number of fused-ring (bicyclic) bond motifs is 1. The fraction of sp³-hybridized carbons (Fsp3) is 0.364. The number of nitrogens with zero attached hydrogens (tertiary/aromatic N) is 1. The lowest BCUT2D eigenvalue weighted by molar-refractivity contribution is -0.117. The van der Waals surface area contributed by atoms with Crippen LogP contribution >= 0.6 is 11.9 Å². The van der Waals surface area contributed by atoms with E-state index in [0.29, 0.717) is 5.82 Å². The van der Waals surface area contributed by atoms with Crippen LogP contribution in [0, 0.1) is 5.92 Å². The summed E-state index contributed by atoms with van der Waals surface area (Å²) < 4.78 is 3.43. The summed E-state index contributed by atoms with van der Waals surface area (Å²) in [5, 5.41) is 4.06. The topological polar surface area (TPSA) is 69.8 Å². The molecule has 0 saturated heterocycles. The highest BCUT2D eigenvalue weighted by Crippen LogP contribution is 2.35. The molecule has 1 amide bonds. The van der Waals surface area contributed by atoms with Crippen molar-refractivity contribution in [2.24, 2.45) is 5.92 Å². The Bertz CT molecular complexity index is 993. The van der Waals surface area contributed by atoms with Crippen molar-refractivity contribution in [3.8, 4) is 11.1 Å². The molecule has 4 rings (SSSR count). The quantitative estimate of drug-likeness (QED) is 0.343. The van der Waals surface area contributed by atoms with Gasteiger partial charge in [-0.2, -0.15) is 0 Å². The number of aromatic amines is 1. The number of nitrogens with one attached hydrogen (secondary N) is 3. The highest BCUT2D eigenvalue weighted by molar-refractivity contribution is 8.00.